The topological polar surface area (TPSA) is 52.3 Å². The van der Waals surface area contributed by atoms with Crippen molar-refractivity contribution in [3.8, 4) is 5.75 Å². The third-order valence-corrected chi connectivity index (χ3v) is 1.98. The number of halogens is 3. The van der Waals surface area contributed by atoms with Crippen LogP contribution in [0.1, 0.15) is 15.9 Å². The SMILES string of the molecule is COc1cc(C(=O)CN)cc(C(F)(F)F)c1. The van der Waals surface area contributed by atoms with Gasteiger partial charge >= 0.3 is 6.18 Å². The first-order chi connectivity index (χ1) is 7.38. The van der Waals surface area contributed by atoms with Crippen molar-refractivity contribution in [3.05, 3.63) is 29.3 Å². The monoisotopic (exact) mass is 233 g/mol. The quantitative estimate of drug-likeness (QED) is 0.810. The van der Waals surface area contributed by atoms with Crippen LogP contribution in [0.4, 0.5) is 13.2 Å². The van der Waals surface area contributed by atoms with Gasteiger partial charge in [0.25, 0.3) is 0 Å². The van der Waals surface area contributed by atoms with Crippen molar-refractivity contribution in [2.45, 2.75) is 6.18 Å². The molecule has 88 valence electrons. The van der Waals surface area contributed by atoms with E-state index in [1.807, 2.05) is 0 Å². The standard InChI is InChI=1S/C10H10F3NO2/c1-16-8-3-6(9(15)5-14)2-7(4-8)10(11,12)13/h2-4H,5,14H2,1H3. The maximum atomic E-state index is 12.5. The van der Waals surface area contributed by atoms with E-state index in [1.165, 1.54) is 13.2 Å². The van der Waals surface area contributed by atoms with Gasteiger partial charge in [-0.25, -0.2) is 0 Å². The Bertz CT molecular complexity index is 402. The first kappa shape index (κ1) is 12.5. The van der Waals surface area contributed by atoms with E-state index in [0.717, 1.165) is 12.1 Å². The molecular weight excluding hydrogens is 223 g/mol. The van der Waals surface area contributed by atoms with Crippen LogP contribution in [-0.2, 0) is 6.18 Å². The summed E-state index contributed by atoms with van der Waals surface area (Å²) in [6.45, 7) is -0.343. The molecule has 0 aliphatic heterocycles. The van der Waals surface area contributed by atoms with E-state index < -0.39 is 17.5 Å². The molecule has 0 aromatic heterocycles. The van der Waals surface area contributed by atoms with Crippen molar-refractivity contribution in [2.24, 2.45) is 5.73 Å². The zero-order valence-corrected chi connectivity index (χ0v) is 8.47. The van der Waals surface area contributed by atoms with E-state index in [4.69, 9.17) is 10.5 Å². The molecule has 0 aliphatic carbocycles. The normalized spacial score (nSPS) is 11.3. The van der Waals surface area contributed by atoms with Gasteiger partial charge < -0.3 is 10.5 Å². The minimum absolute atomic E-state index is 0.0216. The number of ketones is 1. The number of methoxy groups -OCH3 is 1. The second kappa shape index (κ2) is 4.52. The van der Waals surface area contributed by atoms with Gasteiger partial charge in [-0.05, 0) is 18.2 Å². The smallest absolute Gasteiger partial charge is 0.416 e. The summed E-state index contributed by atoms with van der Waals surface area (Å²) in [5.41, 5.74) is 4.05. The van der Waals surface area contributed by atoms with Gasteiger partial charge in [-0.15, -0.1) is 0 Å². The highest BCUT2D eigenvalue weighted by atomic mass is 19.4. The Morgan fingerprint density at radius 3 is 2.44 bits per heavy atom. The van der Waals surface area contributed by atoms with Crippen LogP contribution in [0.25, 0.3) is 0 Å². The van der Waals surface area contributed by atoms with Crippen LogP contribution in [0, 0.1) is 0 Å². The van der Waals surface area contributed by atoms with Crippen LogP contribution in [0.15, 0.2) is 18.2 Å². The van der Waals surface area contributed by atoms with Gasteiger partial charge in [-0.1, -0.05) is 0 Å². The fraction of sp³-hybridized carbons (Fsp3) is 0.300. The maximum absolute atomic E-state index is 12.5. The second-order valence-electron chi connectivity index (χ2n) is 3.08. The molecule has 0 fully saturated rings. The Labute approximate surface area is 90.0 Å². The third kappa shape index (κ3) is 2.73. The molecule has 1 rings (SSSR count). The zero-order chi connectivity index (χ0) is 12.3. The number of benzene rings is 1. The van der Waals surface area contributed by atoms with E-state index >= 15 is 0 Å². The van der Waals surface area contributed by atoms with Crippen LogP contribution in [0.2, 0.25) is 0 Å². The number of Topliss-reactive ketones (excluding diaryl/α,β-unsaturated/α-hetero) is 1. The van der Waals surface area contributed by atoms with E-state index in [1.54, 1.807) is 0 Å². The van der Waals surface area contributed by atoms with Crippen molar-refractivity contribution in [1.29, 1.82) is 0 Å². The molecule has 0 saturated carbocycles. The molecule has 0 heterocycles. The number of hydrogen-bond acceptors (Lipinski definition) is 3. The minimum atomic E-state index is -4.52. The average molecular weight is 233 g/mol. The Balaban J connectivity index is 3.27. The van der Waals surface area contributed by atoms with Crippen molar-refractivity contribution in [3.63, 3.8) is 0 Å². The van der Waals surface area contributed by atoms with Gasteiger partial charge in [0.2, 0.25) is 0 Å². The van der Waals surface area contributed by atoms with E-state index in [2.05, 4.69) is 0 Å². The van der Waals surface area contributed by atoms with E-state index in [0.29, 0.717) is 0 Å². The molecule has 0 aliphatic rings. The van der Waals surface area contributed by atoms with Crippen LogP contribution in [0.3, 0.4) is 0 Å². The predicted molar refractivity (Wildman–Crippen MR) is 51.4 cm³/mol. The highest BCUT2D eigenvalue weighted by Crippen LogP contribution is 2.32. The van der Waals surface area contributed by atoms with Crippen LogP contribution >= 0.6 is 0 Å². The lowest BCUT2D eigenvalue weighted by Gasteiger charge is -2.10. The summed E-state index contributed by atoms with van der Waals surface area (Å²) in [5, 5.41) is 0. The highest BCUT2D eigenvalue weighted by molar-refractivity contribution is 5.98. The van der Waals surface area contributed by atoms with Crippen molar-refractivity contribution in [1.82, 2.24) is 0 Å². The largest absolute Gasteiger partial charge is 0.497 e. The lowest BCUT2D eigenvalue weighted by atomic mass is 10.1. The van der Waals surface area contributed by atoms with Gasteiger partial charge in [0.15, 0.2) is 5.78 Å². The Kier molecular flexibility index (Phi) is 3.54. The predicted octanol–water partition coefficient (Wildman–Crippen LogP) is 1.86. The van der Waals surface area contributed by atoms with Crippen molar-refractivity contribution >= 4 is 5.78 Å². The van der Waals surface area contributed by atoms with Crippen molar-refractivity contribution < 1.29 is 22.7 Å². The Morgan fingerprint density at radius 2 is 2.00 bits per heavy atom. The van der Waals surface area contributed by atoms with Gasteiger partial charge in [0.1, 0.15) is 5.75 Å². The number of carbonyl (C=O) groups is 1. The number of ether oxygens (including phenoxy) is 1. The fourth-order valence-electron chi connectivity index (χ4n) is 1.16. The second-order valence-corrected chi connectivity index (χ2v) is 3.08. The first-order valence-electron chi connectivity index (χ1n) is 4.38. The molecule has 0 atom stereocenters. The van der Waals surface area contributed by atoms with Gasteiger partial charge in [0.05, 0.1) is 19.2 Å². The van der Waals surface area contributed by atoms with E-state index in [9.17, 15) is 18.0 Å². The summed E-state index contributed by atoms with van der Waals surface area (Å²) in [6.07, 6.45) is -4.52. The molecule has 3 nitrogen and oxygen atoms in total. The fourth-order valence-corrected chi connectivity index (χ4v) is 1.16. The van der Waals surface area contributed by atoms with E-state index in [-0.39, 0.29) is 17.9 Å². The average Bonchev–Trinajstić information content (AvgIpc) is 2.26. The molecule has 0 unspecified atom stereocenters. The lowest BCUT2D eigenvalue weighted by Crippen LogP contribution is -2.15. The maximum Gasteiger partial charge on any atom is 0.416 e. The molecule has 1 aromatic carbocycles. The van der Waals surface area contributed by atoms with Gasteiger partial charge in [0, 0.05) is 5.56 Å². The summed E-state index contributed by atoms with van der Waals surface area (Å²) in [5.74, 6) is -0.587. The molecule has 0 radical (unpaired) electrons. The lowest BCUT2D eigenvalue weighted by molar-refractivity contribution is -0.137. The molecule has 0 spiro atoms. The molecule has 0 saturated heterocycles. The first-order valence-corrected chi connectivity index (χ1v) is 4.38. The summed E-state index contributed by atoms with van der Waals surface area (Å²) < 4.78 is 42.1. The van der Waals surface area contributed by atoms with Crippen LogP contribution < -0.4 is 10.5 Å². The van der Waals surface area contributed by atoms with Crippen LogP contribution in [-0.4, -0.2) is 19.4 Å². The number of hydrogen-bond donors (Lipinski definition) is 1. The minimum Gasteiger partial charge on any atom is -0.497 e. The Morgan fingerprint density at radius 1 is 1.38 bits per heavy atom. The molecule has 16 heavy (non-hydrogen) atoms. The number of carbonyl (C=O) groups excluding carboxylic acids is 1. The molecule has 6 heteroatoms. The third-order valence-electron chi connectivity index (χ3n) is 1.98. The summed E-state index contributed by atoms with van der Waals surface area (Å²) >= 11 is 0. The van der Waals surface area contributed by atoms with Crippen LogP contribution in [0.5, 0.6) is 5.75 Å². The number of rotatable bonds is 3. The zero-order valence-electron chi connectivity index (χ0n) is 8.47. The summed E-state index contributed by atoms with van der Waals surface area (Å²) in [4.78, 5) is 11.2. The molecule has 0 bridgehead atoms. The van der Waals surface area contributed by atoms with Gasteiger partial charge in [-0.2, -0.15) is 13.2 Å². The number of alkyl halides is 3. The summed E-state index contributed by atoms with van der Waals surface area (Å²) in [6, 6.07) is 2.81. The molecule has 0 amide bonds. The molecular formula is C10H10F3NO2. The summed E-state index contributed by atoms with van der Waals surface area (Å²) in [7, 11) is 1.23. The van der Waals surface area contributed by atoms with Crippen molar-refractivity contribution in [2.75, 3.05) is 13.7 Å². The highest BCUT2D eigenvalue weighted by Gasteiger charge is 2.31. The van der Waals surface area contributed by atoms with Gasteiger partial charge in [-0.3, -0.25) is 4.79 Å². The Hall–Kier alpha value is -1.56. The molecule has 2 N–H and O–H groups in total. The molecule has 1 aromatic rings. The number of nitrogens with two attached hydrogens (primary N) is 1.